The number of para-hydroxylation sites is 1. The second-order valence-corrected chi connectivity index (χ2v) is 4.25. The minimum atomic E-state index is 0.0192. The van der Waals surface area contributed by atoms with Crippen molar-refractivity contribution in [2.75, 3.05) is 13.6 Å². The number of hydrogen-bond donors (Lipinski definition) is 2. The number of nitrogens with zero attached hydrogens (tertiary/aromatic N) is 1. The summed E-state index contributed by atoms with van der Waals surface area (Å²) in [6.07, 6.45) is 2.06. The molecule has 2 rings (SSSR count). The van der Waals surface area contributed by atoms with E-state index in [1.807, 2.05) is 22.8 Å². The van der Waals surface area contributed by atoms with Crippen molar-refractivity contribution in [3.05, 3.63) is 36.0 Å². The van der Waals surface area contributed by atoms with Crippen molar-refractivity contribution in [3.8, 4) is 0 Å². The Bertz CT molecular complexity index is 545. The molecule has 1 aromatic heterocycles. The first-order chi connectivity index (χ1) is 8.76. The van der Waals surface area contributed by atoms with E-state index in [1.165, 1.54) is 10.9 Å². The normalized spacial score (nSPS) is 10.8. The Morgan fingerprint density at radius 3 is 2.83 bits per heavy atom. The molecule has 4 nitrogen and oxygen atoms in total. The Balaban J connectivity index is 2.37. The van der Waals surface area contributed by atoms with Crippen LogP contribution in [-0.4, -0.2) is 24.1 Å². The molecule has 0 saturated carbocycles. The van der Waals surface area contributed by atoms with Crippen LogP contribution >= 0.6 is 0 Å². The van der Waals surface area contributed by atoms with Gasteiger partial charge >= 0.3 is 0 Å². The smallest absolute Gasteiger partial charge is 0.239 e. The third kappa shape index (κ3) is 2.54. The van der Waals surface area contributed by atoms with E-state index in [0.717, 1.165) is 18.6 Å². The summed E-state index contributed by atoms with van der Waals surface area (Å²) >= 11 is 0. The minimum Gasteiger partial charge on any atom is -0.358 e. The van der Waals surface area contributed by atoms with Gasteiger partial charge in [-0.1, -0.05) is 25.1 Å². The third-order valence-corrected chi connectivity index (χ3v) is 3.03. The molecule has 0 atom stereocenters. The van der Waals surface area contributed by atoms with Gasteiger partial charge in [-0.15, -0.1) is 0 Å². The number of carbonyl (C=O) groups excluding carboxylic acids is 1. The zero-order valence-corrected chi connectivity index (χ0v) is 10.9. The first kappa shape index (κ1) is 12.6. The largest absolute Gasteiger partial charge is 0.358 e. The van der Waals surface area contributed by atoms with Crippen molar-refractivity contribution in [2.45, 2.75) is 20.0 Å². The van der Waals surface area contributed by atoms with Crippen LogP contribution in [0.3, 0.4) is 0 Å². The van der Waals surface area contributed by atoms with Crippen LogP contribution in [0, 0.1) is 0 Å². The highest BCUT2D eigenvalue weighted by atomic mass is 16.1. The van der Waals surface area contributed by atoms with E-state index >= 15 is 0 Å². The SMILES string of the molecule is CCNCc1cn(CC(=O)NC)c2ccccc12. The predicted octanol–water partition coefficient (Wildman–Crippen LogP) is 1.50. The Morgan fingerprint density at radius 2 is 2.11 bits per heavy atom. The molecule has 1 heterocycles. The number of amides is 1. The van der Waals surface area contributed by atoms with E-state index in [2.05, 4.69) is 29.8 Å². The molecule has 0 aliphatic carbocycles. The molecule has 1 amide bonds. The van der Waals surface area contributed by atoms with E-state index in [-0.39, 0.29) is 5.91 Å². The summed E-state index contributed by atoms with van der Waals surface area (Å²) in [6.45, 7) is 4.22. The van der Waals surface area contributed by atoms with Gasteiger partial charge in [0.15, 0.2) is 0 Å². The predicted molar refractivity (Wildman–Crippen MR) is 73.4 cm³/mol. The van der Waals surface area contributed by atoms with Crippen LogP contribution in [0.5, 0.6) is 0 Å². The maximum absolute atomic E-state index is 11.5. The van der Waals surface area contributed by atoms with Gasteiger partial charge in [0, 0.05) is 30.7 Å². The summed E-state index contributed by atoms with van der Waals surface area (Å²) in [5, 5.41) is 7.19. The number of aromatic nitrogens is 1. The van der Waals surface area contributed by atoms with Crippen LogP contribution in [0.25, 0.3) is 10.9 Å². The maximum atomic E-state index is 11.5. The molecule has 0 spiro atoms. The molecular weight excluding hydrogens is 226 g/mol. The minimum absolute atomic E-state index is 0.0192. The highest BCUT2D eigenvalue weighted by Gasteiger charge is 2.09. The lowest BCUT2D eigenvalue weighted by atomic mass is 10.2. The van der Waals surface area contributed by atoms with E-state index in [9.17, 15) is 4.79 Å². The molecule has 0 aliphatic heterocycles. The average Bonchev–Trinajstić information content (AvgIpc) is 2.75. The Hall–Kier alpha value is -1.81. The number of benzene rings is 1. The Labute approximate surface area is 107 Å². The molecule has 18 heavy (non-hydrogen) atoms. The Kier molecular flexibility index (Phi) is 3.99. The third-order valence-electron chi connectivity index (χ3n) is 3.03. The summed E-state index contributed by atoms with van der Waals surface area (Å²) in [4.78, 5) is 11.5. The molecule has 0 unspecified atom stereocenters. The molecule has 96 valence electrons. The highest BCUT2D eigenvalue weighted by Crippen LogP contribution is 2.21. The van der Waals surface area contributed by atoms with E-state index in [4.69, 9.17) is 0 Å². The fraction of sp³-hybridized carbons (Fsp3) is 0.357. The zero-order valence-electron chi connectivity index (χ0n) is 10.9. The van der Waals surface area contributed by atoms with Gasteiger partial charge in [-0.2, -0.15) is 0 Å². The second kappa shape index (κ2) is 5.69. The number of hydrogen-bond acceptors (Lipinski definition) is 2. The van der Waals surface area contributed by atoms with Crippen molar-refractivity contribution in [1.82, 2.24) is 15.2 Å². The van der Waals surface area contributed by atoms with Gasteiger partial charge in [0.05, 0.1) is 0 Å². The summed E-state index contributed by atoms with van der Waals surface area (Å²) in [6, 6.07) is 8.18. The number of rotatable bonds is 5. The van der Waals surface area contributed by atoms with Gasteiger partial charge < -0.3 is 15.2 Å². The molecule has 2 aromatic rings. The van der Waals surface area contributed by atoms with E-state index in [0.29, 0.717) is 6.54 Å². The molecule has 0 aliphatic rings. The average molecular weight is 245 g/mol. The topological polar surface area (TPSA) is 46.1 Å². The molecule has 0 bridgehead atoms. The van der Waals surface area contributed by atoms with Crippen LogP contribution in [0.1, 0.15) is 12.5 Å². The first-order valence-corrected chi connectivity index (χ1v) is 6.24. The lowest BCUT2D eigenvalue weighted by molar-refractivity contribution is -0.121. The van der Waals surface area contributed by atoms with E-state index < -0.39 is 0 Å². The molecule has 1 aromatic carbocycles. The molecule has 4 heteroatoms. The summed E-state index contributed by atoms with van der Waals surface area (Å²) < 4.78 is 2.00. The fourth-order valence-corrected chi connectivity index (χ4v) is 2.09. The van der Waals surface area contributed by atoms with Gasteiger partial charge in [0.2, 0.25) is 5.91 Å². The number of nitrogens with one attached hydrogen (secondary N) is 2. The molecular formula is C14H19N3O. The van der Waals surface area contributed by atoms with E-state index in [1.54, 1.807) is 7.05 Å². The molecule has 2 N–H and O–H groups in total. The van der Waals surface area contributed by atoms with Gasteiger partial charge in [-0.3, -0.25) is 4.79 Å². The van der Waals surface area contributed by atoms with Crippen LogP contribution in [-0.2, 0) is 17.9 Å². The van der Waals surface area contributed by atoms with Crippen molar-refractivity contribution in [3.63, 3.8) is 0 Å². The second-order valence-electron chi connectivity index (χ2n) is 4.25. The zero-order chi connectivity index (χ0) is 13.0. The summed E-state index contributed by atoms with van der Waals surface area (Å²) in [5.41, 5.74) is 2.34. The monoisotopic (exact) mass is 245 g/mol. The highest BCUT2D eigenvalue weighted by molar-refractivity contribution is 5.86. The molecule has 0 fully saturated rings. The van der Waals surface area contributed by atoms with Crippen molar-refractivity contribution in [1.29, 1.82) is 0 Å². The van der Waals surface area contributed by atoms with Crippen LogP contribution in [0.2, 0.25) is 0 Å². The van der Waals surface area contributed by atoms with Crippen molar-refractivity contribution in [2.24, 2.45) is 0 Å². The standard InChI is InChI=1S/C14H19N3O/c1-3-16-8-11-9-17(10-14(18)15-2)13-7-5-4-6-12(11)13/h4-7,9,16H,3,8,10H2,1-2H3,(H,15,18). The maximum Gasteiger partial charge on any atom is 0.239 e. The fourth-order valence-electron chi connectivity index (χ4n) is 2.09. The number of carbonyl (C=O) groups is 1. The summed E-state index contributed by atoms with van der Waals surface area (Å²) in [7, 11) is 1.66. The van der Waals surface area contributed by atoms with Gasteiger partial charge in [0.25, 0.3) is 0 Å². The molecule has 0 radical (unpaired) electrons. The van der Waals surface area contributed by atoms with Crippen molar-refractivity contribution >= 4 is 16.8 Å². The number of likely N-dealkylation sites (N-methyl/N-ethyl adjacent to an activating group) is 1. The van der Waals surface area contributed by atoms with Crippen LogP contribution in [0.15, 0.2) is 30.5 Å². The molecule has 0 saturated heterocycles. The lowest BCUT2D eigenvalue weighted by Gasteiger charge is -2.03. The van der Waals surface area contributed by atoms with Crippen molar-refractivity contribution < 1.29 is 4.79 Å². The number of fused-ring (bicyclic) bond motifs is 1. The lowest BCUT2D eigenvalue weighted by Crippen LogP contribution is -2.23. The van der Waals surface area contributed by atoms with Gasteiger partial charge in [-0.25, -0.2) is 0 Å². The van der Waals surface area contributed by atoms with Crippen LogP contribution < -0.4 is 10.6 Å². The summed E-state index contributed by atoms with van der Waals surface area (Å²) in [5.74, 6) is 0.0192. The van der Waals surface area contributed by atoms with Gasteiger partial charge in [0.1, 0.15) is 6.54 Å². The van der Waals surface area contributed by atoms with Gasteiger partial charge in [-0.05, 0) is 18.2 Å². The quantitative estimate of drug-likeness (QED) is 0.838. The van der Waals surface area contributed by atoms with Crippen LogP contribution in [0.4, 0.5) is 0 Å². The first-order valence-electron chi connectivity index (χ1n) is 6.24. The Morgan fingerprint density at radius 1 is 1.33 bits per heavy atom.